The van der Waals surface area contributed by atoms with E-state index in [-0.39, 0.29) is 5.41 Å². The van der Waals surface area contributed by atoms with E-state index in [1.165, 1.54) is 12.0 Å². The molecular weight excluding hydrogens is 232 g/mol. The van der Waals surface area contributed by atoms with Gasteiger partial charge in [0.1, 0.15) is 0 Å². The van der Waals surface area contributed by atoms with Crippen LogP contribution in [0.1, 0.15) is 39.7 Å². The molecule has 1 aliphatic rings. The molecule has 2 atom stereocenters. The number of benzene rings is 1. The maximum Gasteiger partial charge on any atom is 0.0856 e. The molecule has 0 amide bonds. The number of rotatable bonds is 4. The Bertz CT molecular complexity index is 424. The van der Waals surface area contributed by atoms with E-state index in [0.717, 1.165) is 19.0 Å². The van der Waals surface area contributed by atoms with Gasteiger partial charge in [-0.3, -0.25) is 4.99 Å². The lowest BCUT2D eigenvalue weighted by Gasteiger charge is -2.42. The van der Waals surface area contributed by atoms with Crippen LogP contribution in [0.4, 0.5) is 0 Å². The SMILES string of the molecule is CC(C)CC1(C)CN(Cc2ccccc2)C=NC1C. The van der Waals surface area contributed by atoms with Gasteiger partial charge >= 0.3 is 0 Å². The van der Waals surface area contributed by atoms with Crippen molar-refractivity contribution in [2.24, 2.45) is 16.3 Å². The Morgan fingerprint density at radius 2 is 2.00 bits per heavy atom. The van der Waals surface area contributed by atoms with Crippen molar-refractivity contribution in [3.63, 3.8) is 0 Å². The molecule has 0 N–H and O–H groups in total. The fourth-order valence-corrected chi connectivity index (χ4v) is 3.09. The summed E-state index contributed by atoms with van der Waals surface area (Å²) in [5.41, 5.74) is 1.65. The molecule has 0 saturated carbocycles. The molecule has 2 unspecified atom stereocenters. The van der Waals surface area contributed by atoms with Crippen LogP contribution in [-0.2, 0) is 6.54 Å². The Labute approximate surface area is 117 Å². The van der Waals surface area contributed by atoms with Crippen molar-refractivity contribution in [1.82, 2.24) is 4.90 Å². The minimum Gasteiger partial charge on any atom is -0.358 e. The van der Waals surface area contributed by atoms with Crippen molar-refractivity contribution < 1.29 is 0 Å². The lowest BCUT2D eigenvalue weighted by molar-refractivity contribution is 0.144. The quantitative estimate of drug-likeness (QED) is 0.798. The molecule has 0 spiro atoms. The van der Waals surface area contributed by atoms with Crippen LogP contribution < -0.4 is 0 Å². The van der Waals surface area contributed by atoms with Gasteiger partial charge in [-0.15, -0.1) is 0 Å². The maximum absolute atomic E-state index is 4.71. The Kier molecular flexibility index (Phi) is 4.28. The lowest BCUT2D eigenvalue weighted by atomic mass is 9.75. The predicted octanol–water partition coefficient (Wildman–Crippen LogP) is 3.97. The lowest BCUT2D eigenvalue weighted by Crippen LogP contribution is -2.45. The topological polar surface area (TPSA) is 15.6 Å². The first-order valence-electron chi connectivity index (χ1n) is 7.31. The van der Waals surface area contributed by atoms with Crippen molar-refractivity contribution in [3.05, 3.63) is 35.9 Å². The molecule has 0 radical (unpaired) electrons. The van der Waals surface area contributed by atoms with Crippen LogP contribution in [0.2, 0.25) is 0 Å². The third-order valence-electron chi connectivity index (χ3n) is 4.13. The van der Waals surface area contributed by atoms with Crippen molar-refractivity contribution >= 4 is 6.34 Å². The van der Waals surface area contributed by atoms with Crippen molar-refractivity contribution in [3.8, 4) is 0 Å². The van der Waals surface area contributed by atoms with Gasteiger partial charge in [-0.05, 0) is 24.8 Å². The Balaban J connectivity index is 2.06. The van der Waals surface area contributed by atoms with E-state index < -0.39 is 0 Å². The minimum absolute atomic E-state index is 0.289. The Morgan fingerprint density at radius 1 is 1.32 bits per heavy atom. The van der Waals surface area contributed by atoms with Crippen LogP contribution in [0.3, 0.4) is 0 Å². The molecule has 0 fully saturated rings. The maximum atomic E-state index is 4.71. The molecule has 2 rings (SSSR count). The van der Waals surface area contributed by atoms with E-state index >= 15 is 0 Å². The van der Waals surface area contributed by atoms with Gasteiger partial charge in [0.15, 0.2) is 0 Å². The normalized spacial score (nSPS) is 27.0. The molecule has 2 nitrogen and oxygen atoms in total. The van der Waals surface area contributed by atoms with Crippen molar-refractivity contribution in [2.75, 3.05) is 6.54 Å². The molecule has 1 aromatic carbocycles. The number of nitrogens with zero attached hydrogens (tertiary/aromatic N) is 2. The van der Waals surface area contributed by atoms with Gasteiger partial charge in [-0.2, -0.15) is 0 Å². The van der Waals surface area contributed by atoms with Crippen LogP contribution in [0, 0.1) is 11.3 Å². The highest BCUT2D eigenvalue weighted by Crippen LogP contribution is 2.35. The second kappa shape index (κ2) is 5.77. The third-order valence-corrected chi connectivity index (χ3v) is 4.13. The Hall–Kier alpha value is -1.31. The van der Waals surface area contributed by atoms with Crippen LogP contribution in [-0.4, -0.2) is 23.8 Å². The zero-order chi connectivity index (χ0) is 13.9. The summed E-state index contributed by atoms with van der Waals surface area (Å²) in [7, 11) is 0. The number of hydrogen-bond acceptors (Lipinski definition) is 2. The van der Waals surface area contributed by atoms with Gasteiger partial charge in [-0.1, -0.05) is 51.1 Å². The standard InChI is InChI=1S/C17H26N2/c1-14(2)10-17(4)12-19(13-18-15(17)3)11-16-8-6-5-7-9-16/h5-9,13-15H,10-12H2,1-4H3. The van der Waals surface area contributed by atoms with Crippen LogP contribution in [0.5, 0.6) is 0 Å². The average Bonchev–Trinajstić information content (AvgIpc) is 2.34. The summed E-state index contributed by atoms with van der Waals surface area (Å²) < 4.78 is 0. The minimum atomic E-state index is 0.289. The number of aliphatic imine (C=N–C) groups is 1. The van der Waals surface area contributed by atoms with E-state index in [2.05, 4.69) is 62.9 Å². The molecule has 19 heavy (non-hydrogen) atoms. The number of hydrogen-bond donors (Lipinski definition) is 0. The zero-order valence-electron chi connectivity index (χ0n) is 12.6. The second-order valence-corrected chi connectivity index (χ2v) is 6.58. The predicted molar refractivity (Wildman–Crippen MR) is 82.4 cm³/mol. The molecule has 1 aromatic rings. The zero-order valence-corrected chi connectivity index (χ0v) is 12.6. The molecule has 104 valence electrons. The summed E-state index contributed by atoms with van der Waals surface area (Å²) in [4.78, 5) is 7.07. The first-order chi connectivity index (χ1) is 8.99. The summed E-state index contributed by atoms with van der Waals surface area (Å²) in [6.07, 6.45) is 3.27. The van der Waals surface area contributed by atoms with Crippen LogP contribution >= 0.6 is 0 Å². The van der Waals surface area contributed by atoms with E-state index in [0.29, 0.717) is 6.04 Å². The smallest absolute Gasteiger partial charge is 0.0856 e. The largest absolute Gasteiger partial charge is 0.358 e. The monoisotopic (exact) mass is 258 g/mol. The molecule has 1 aliphatic heterocycles. The van der Waals surface area contributed by atoms with Crippen molar-refractivity contribution in [2.45, 2.75) is 46.7 Å². The molecular formula is C17H26N2. The van der Waals surface area contributed by atoms with E-state index in [1.807, 2.05) is 6.34 Å². The average molecular weight is 258 g/mol. The fraction of sp³-hybridized carbons (Fsp3) is 0.588. The highest BCUT2D eigenvalue weighted by Gasteiger charge is 2.35. The van der Waals surface area contributed by atoms with Gasteiger partial charge in [0, 0.05) is 18.5 Å². The molecule has 0 aromatic heterocycles. The van der Waals surface area contributed by atoms with Crippen LogP contribution in [0.25, 0.3) is 0 Å². The first-order valence-corrected chi connectivity index (χ1v) is 7.31. The fourth-order valence-electron chi connectivity index (χ4n) is 3.09. The Morgan fingerprint density at radius 3 is 2.63 bits per heavy atom. The molecule has 1 heterocycles. The van der Waals surface area contributed by atoms with Gasteiger partial charge in [0.25, 0.3) is 0 Å². The molecule has 0 bridgehead atoms. The summed E-state index contributed by atoms with van der Waals surface area (Å²) in [5.74, 6) is 0.722. The van der Waals surface area contributed by atoms with Crippen LogP contribution in [0.15, 0.2) is 35.3 Å². The van der Waals surface area contributed by atoms with Crippen molar-refractivity contribution in [1.29, 1.82) is 0 Å². The van der Waals surface area contributed by atoms with E-state index in [9.17, 15) is 0 Å². The third kappa shape index (κ3) is 3.59. The van der Waals surface area contributed by atoms with Gasteiger partial charge < -0.3 is 4.90 Å². The van der Waals surface area contributed by atoms with E-state index in [1.54, 1.807) is 0 Å². The highest BCUT2D eigenvalue weighted by molar-refractivity contribution is 5.57. The van der Waals surface area contributed by atoms with Gasteiger partial charge in [-0.25, -0.2) is 0 Å². The molecule has 0 saturated heterocycles. The molecule has 0 aliphatic carbocycles. The summed E-state index contributed by atoms with van der Waals surface area (Å²) in [6, 6.07) is 11.1. The first kappa shape index (κ1) is 14.1. The second-order valence-electron chi connectivity index (χ2n) is 6.58. The summed E-state index contributed by atoms with van der Waals surface area (Å²) in [6.45, 7) is 11.3. The summed E-state index contributed by atoms with van der Waals surface area (Å²) >= 11 is 0. The van der Waals surface area contributed by atoms with Gasteiger partial charge in [0.05, 0.1) is 12.4 Å². The molecule has 2 heteroatoms. The van der Waals surface area contributed by atoms with Gasteiger partial charge in [0.2, 0.25) is 0 Å². The van der Waals surface area contributed by atoms with E-state index in [4.69, 9.17) is 4.99 Å². The summed E-state index contributed by atoms with van der Waals surface area (Å²) in [5, 5.41) is 0. The highest BCUT2D eigenvalue weighted by atomic mass is 15.2.